The molecule has 0 aromatic heterocycles. The Balaban J connectivity index is 3.21. The van der Waals surface area contributed by atoms with Crippen molar-refractivity contribution in [3.63, 3.8) is 0 Å². The van der Waals surface area contributed by atoms with Crippen molar-refractivity contribution in [3.8, 4) is 0 Å². The van der Waals surface area contributed by atoms with Crippen molar-refractivity contribution in [2.24, 2.45) is 5.92 Å². The summed E-state index contributed by atoms with van der Waals surface area (Å²) in [6, 6.07) is 0. The maximum atomic E-state index is 4.08. The molecule has 0 heteroatoms. The maximum absolute atomic E-state index is 4.08. The Morgan fingerprint density at radius 2 is 0.633 bits per heavy atom. The summed E-state index contributed by atoms with van der Waals surface area (Å²) < 4.78 is 0. The minimum Gasteiger partial charge on any atom is -0.103 e. The third-order valence-electron chi connectivity index (χ3n) is 6.94. The van der Waals surface area contributed by atoms with Crippen LogP contribution in [-0.4, -0.2) is 0 Å². The number of unbranched alkanes of at least 4 members (excludes halogenated alkanes) is 21. The molecule has 0 aliphatic rings. The van der Waals surface area contributed by atoms with Gasteiger partial charge in [-0.25, -0.2) is 0 Å². The highest BCUT2D eigenvalue weighted by molar-refractivity contribution is 4.78. The van der Waals surface area contributed by atoms with E-state index in [1.807, 2.05) is 0 Å². The zero-order valence-corrected chi connectivity index (χ0v) is 21.5. The van der Waals surface area contributed by atoms with Crippen LogP contribution in [0.2, 0.25) is 0 Å². The Labute approximate surface area is 193 Å². The van der Waals surface area contributed by atoms with Crippen LogP contribution in [-0.2, 0) is 0 Å². The molecule has 0 aromatic rings. The van der Waals surface area contributed by atoms with Gasteiger partial charge in [-0.05, 0) is 18.8 Å². The third-order valence-corrected chi connectivity index (χ3v) is 6.94. The Bertz CT molecular complexity index is 305. The fourth-order valence-electron chi connectivity index (χ4n) is 4.70. The highest BCUT2D eigenvalue weighted by Gasteiger charge is 2.04. The lowest BCUT2D eigenvalue weighted by molar-refractivity contribution is 0.463. The van der Waals surface area contributed by atoms with Crippen LogP contribution in [0.4, 0.5) is 0 Å². The van der Waals surface area contributed by atoms with Crippen molar-refractivity contribution in [2.45, 2.75) is 174 Å². The van der Waals surface area contributed by atoms with Gasteiger partial charge in [0.05, 0.1) is 0 Å². The predicted molar refractivity (Wildman–Crippen MR) is 140 cm³/mol. The van der Waals surface area contributed by atoms with Crippen molar-refractivity contribution in [1.29, 1.82) is 0 Å². The second kappa shape index (κ2) is 26.8. The van der Waals surface area contributed by atoms with Gasteiger partial charge in [-0.2, -0.15) is 0 Å². The number of hydrogen-bond acceptors (Lipinski definition) is 0. The molecule has 1 unspecified atom stereocenters. The second-order valence-electron chi connectivity index (χ2n) is 10.00. The summed E-state index contributed by atoms with van der Waals surface area (Å²) >= 11 is 0. The Morgan fingerprint density at radius 1 is 0.400 bits per heavy atom. The Hall–Kier alpha value is -0.260. The molecule has 0 fully saturated rings. The van der Waals surface area contributed by atoms with E-state index in [0.29, 0.717) is 0 Å². The summed E-state index contributed by atoms with van der Waals surface area (Å²) in [6.07, 6.45) is 38.4. The molecule has 0 radical (unpaired) electrons. The third kappa shape index (κ3) is 24.0. The molecule has 0 aliphatic heterocycles. The van der Waals surface area contributed by atoms with Gasteiger partial charge in [0.2, 0.25) is 0 Å². The average Bonchev–Trinajstić information content (AvgIpc) is 2.76. The summed E-state index contributed by atoms with van der Waals surface area (Å²) in [7, 11) is 0. The standard InChI is InChI=1S/C30H60/c1-4-7-9-11-13-14-15-16-17-18-19-20-21-22-23-25-27-29-30(6-3)28-26-24-12-10-8-5-2/h6,30H,3-5,7-29H2,1-2H3. The quantitative estimate of drug-likeness (QED) is 0.0963. The first-order valence-corrected chi connectivity index (χ1v) is 14.5. The van der Waals surface area contributed by atoms with Gasteiger partial charge in [0.1, 0.15) is 0 Å². The first-order valence-electron chi connectivity index (χ1n) is 14.5. The van der Waals surface area contributed by atoms with E-state index >= 15 is 0 Å². The molecule has 0 aliphatic carbocycles. The minimum atomic E-state index is 0.785. The smallest absolute Gasteiger partial charge is 0.0236 e. The lowest BCUT2D eigenvalue weighted by Crippen LogP contribution is -1.96. The zero-order valence-electron chi connectivity index (χ0n) is 21.5. The van der Waals surface area contributed by atoms with Crippen LogP contribution in [0.25, 0.3) is 0 Å². The van der Waals surface area contributed by atoms with Gasteiger partial charge in [0.25, 0.3) is 0 Å². The molecule has 30 heavy (non-hydrogen) atoms. The molecule has 0 saturated carbocycles. The largest absolute Gasteiger partial charge is 0.103 e. The van der Waals surface area contributed by atoms with Crippen LogP contribution in [0.3, 0.4) is 0 Å². The SMILES string of the molecule is C=CC(CCCCCCCC)CCCCCCCCCCCCCCCCCCC. The van der Waals surface area contributed by atoms with Gasteiger partial charge in [-0.3, -0.25) is 0 Å². The highest BCUT2D eigenvalue weighted by Crippen LogP contribution is 2.20. The molecule has 0 rings (SSSR count). The summed E-state index contributed by atoms with van der Waals surface area (Å²) in [4.78, 5) is 0. The van der Waals surface area contributed by atoms with Crippen LogP contribution in [0.5, 0.6) is 0 Å². The fraction of sp³-hybridized carbons (Fsp3) is 0.933. The predicted octanol–water partition coefficient (Wildman–Crippen LogP) is 11.6. The van der Waals surface area contributed by atoms with E-state index in [1.54, 1.807) is 0 Å². The van der Waals surface area contributed by atoms with Crippen LogP contribution >= 0.6 is 0 Å². The van der Waals surface area contributed by atoms with E-state index < -0.39 is 0 Å². The summed E-state index contributed by atoms with van der Waals surface area (Å²) in [6.45, 7) is 8.69. The summed E-state index contributed by atoms with van der Waals surface area (Å²) in [5.41, 5.74) is 0. The normalized spacial score (nSPS) is 12.3. The molecule has 0 spiro atoms. The minimum absolute atomic E-state index is 0.785. The summed E-state index contributed by atoms with van der Waals surface area (Å²) in [5.74, 6) is 0.785. The molecule has 0 amide bonds. The van der Waals surface area contributed by atoms with Gasteiger partial charge in [0.15, 0.2) is 0 Å². The molecule has 0 bridgehead atoms. The van der Waals surface area contributed by atoms with Crippen molar-refractivity contribution >= 4 is 0 Å². The van der Waals surface area contributed by atoms with E-state index in [4.69, 9.17) is 0 Å². The zero-order chi connectivity index (χ0) is 22.0. The van der Waals surface area contributed by atoms with Crippen LogP contribution in [0, 0.1) is 5.92 Å². The van der Waals surface area contributed by atoms with Crippen LogP contribution in [0.15, 0.2) is 12.7 Å². The van der Waals surface area contributed by atoms with Gasteiger partial charge >= 0.3 is 0 Å². The Kier molecular flexibility index (Phi) is 26.5. The van der Waals surface area contributed by atoms with Crippen molar-refractivity contribution < 1.29 is 0 Å². The fourth-order valence-corrected chi connectivity index (χ4v) is 4.70. The van der Waals surface area contributed by atoms with Gasteiger partial charge in [0, 0.05) is 0 Å². The highest BCUT2D eigenvalue weighted by atomic mass is 14.1. The van der Waals surface area contributed by atoms with Gasteiger partial charge < -0.3 is 0 Å². The lowest BCUT2D eigenvalue weighted by Gasteiger charge is -2.12. The molecule has 0 heterocycles. The second-order valence-corrected chi connectivity index (χ2v) is 10.00. The molecular weight excluding hydrogens is 360 g/mol. The molecule has 0 N–H and O–H groups in total. The first kappa shape index (κ1) is 29.7. The average molecular weight is 421 g/mol. The van der Waals surface area contributed by atoms with Gasteiger partial charge in [-0.15, -0.1) is 6.58 Å². The number of allylic oxidation sites excluding steroid dienone is 1. The molecule has 180 valence electrons. The van der Waals surface area contributed by atoms with Crippen molar-refractivity contribution in [1.82, 2.24) is 0 Å². The first-order chi connectivity index (χ1) is 14.8. The van der Waals surface area contributed by atoms with Gasteiger partial charge in [-0.1, -0.05) is 168 Å². The molecule has 0 saturated heterocycles. The number of hydrogen-bond donors (Lipinski definition) is 0. The van der Waals surface area contributed by atoms with E-state index in [2.05, 4.69) is 26.5 Å². The van der Waals surface area contributed by atoms with E-state index in [1.165, 1.54) is 161 Å². The van der Waals surface area contributed by atoms with Crippen LogP contribution in [0.1, 0.15) is 174 Å². The van der Waals surface area contributed by atoms with E-state index in [0.717, 1.165) is 5.92 Å². The van der Waals surface area contributed by atoms with Crippen LogP contribution < -0.4 is 0 Å². The number of rotatable bonds is 26. The lowest BCUT2D eigenvalue weighted by atomic mass is 9.94. The van der Waals surface area contributed by atoms with E-state index in [9.17, 15) is 0 Å². The molecule has 0 aromatic carbocycles. The monoisotopic (exact) mass is 420 g/mol. The van der Waals surface area contributed by atoms with Crippen molar-refractivity contribution in [3.05, 3.63) is 12.7 Å². The summed E-state index contributed by atoms with van der Waals surface area (Å²) in [5, 5.41) is 0. The molecular formula is C30H60. The maximum Gasteiger partial charge on any atom is -0.0236 e. The molecule has 1 atom stereocenters. The molecule has 0 nitrogen and oxygen atoms in total. The van der Waals surface area contributed by atoms with Crippen molar-refractivity contribution in [2.75, 3.05) is 0 Å². The topological polar surface area (TPSA) is 0 Å². The Morgan fingerprint density at radius 3 is 0.867 bits per heavy atom. The van der Waals surface area contributed by atoms with E-state index in [-0.39, 0.29) is 0 Å².